The molecular formula is C6H10F3NO3. The van der Waals surface area contributed by atoms with E-state index in [0.29, 0.717) is 0 Å². The van der Waals surface area contributed by atoms with E-state index in [-0.39, 0.29) is 0 Å². The summed E-state index contributed by atoms with van der Waals surface area (Å²) in [6.07, 6.45) is -5.81. The molecule has 0 aromatic carbocycles. The summed E-state index contributed by atoms with van der Waals surface area (Å²) >= 11 is 0. The molecule has 0 aromatic rings. The summed E-state index contributed by atoms with van der Waals surface area (Å²) in [5.74, 6) is -1.27. The zero-order valence-electron chi connectivity index (χ0n) is 6.84. The van der Waals surface area contributed by atoms with Crippen LogP contribution in [0.4, 0.5) is 13.2 Å². The van der Waals surface area contributed by atoms with Gasteiger partial charge in [-0.3, -0.25) is 4.79 Å². The Balaban J connectivity index is 3.89. The molecule has 0 bridgehead atoms. The van der Waals surface area contributed by atoms with E-state index in [9.17, 15) is 18.0 Å². The van der Waals surface area contributed by atoms with E-state index in [2.05, 4.69) is 4.74 Å². The lowest BCUT2D eigenvalue weighted by atomic mass is 10.2. The summed E-state index contributed by atoms with van der Waals surface area (Å²) in [5, 5.41) is 8.71. The number of halogens is 3. The molecule has 2 atom stereocenters. The molecular weight excluding hydrogens is 191 g/mol. The van der Waals surface area contributed by atoms with Gasteiger partial charge in [0.15, 0.2) is 6.61 Å². The molecule has 0 unspecified atom stereocenters. The molecule has 0 saturated carbocycles. The molecule has 0 amide bonds. The number of aliphatic hydroxyl groups is 1. The fourth-order valence-electron chi connectivity index (χ4n) is 0.446. The molecule has 0 rings (SSSR count). The van der Waals surface area contributed by atoms with Crippen molar-refractivity contribution in [3.05, 3.63) is 0 Å². The summed E-state index contributed by atoms with van der Waals surface area (Å²) in [6.45, 7) is -0.508. The maximum Gasteiger partial charge on any atom is 0.422 e. The summed E-state index contributed by atoms with van der Waals surface area (Å²) in [6, 6.07) is -1.44. The Labute approximate surface area is 72.5 Å². The van der Waals surface area contributed by atoms with Crippen molar-refractivity contribution in [2.45, 2.75) is 25.2 Å². The number of aliphatic hydroxyl groups excluding tert-OH is 1. The lowest BCUT2D eigenvalue weighted by molar-refractivity contribution is -0.188. The number of nitrogens with two attached hydrogens (primary N) is 1. The van der Waals surface area contributed by atoms with Gasteiger partial charge in [-0.15, -0.1) is 0 Å². The monoisotopic (exact) mass is 201 g/mol. The Morgan fingerprint density at radius 3 is 2.38 bits per heavy atom. The minimum absolute atomic E-state index is 1.18. The van der Waals surface area contributed by atoms with Crippen LogP contribution in [0.5, 0.6) is 0 Å². The van der Waals surface area contributed by atoms with E-state index in [4.69, 9.17) is 10.8 Å². The third-order valence-electron chi connectivity index (χ3n) is 1.17. The number of carbonyl (C=O) groups excluding carboxylic acids is 1. The zero-order chi connectivity index (χ0) is 10.6. The molecule has 13 heavy (non-hydrogen) atoms. The summed E-state index contributed by atoms with van der Waals surface area (Å²) < 4.78 is 38.3. The van der Waals surface area contributed by atoms with Crippen molar-refractivity contribution in [1.82, 2.24) is 0 Å². The van der Waals surface area contributed by atoms with Crippen LogP contribution in [-0.2, 0) is 9.53 Å². The second-order valence-corrected chi connectivity index (χ2v) is 2.49. The molecule has 0 aromatic heterocycles. The number of ether oxygens (including phenoxy) is 1. The maximum absolute atomic E-state index is 11.5. The van der Waals surface area contributed by atoms with E-state index in [1.807, 2.05) is 0 Å². The van der Waals surface area contributed by atoms with Crippen molar-refractivity contribution in [3.8, 4) is 0 Å². The highest BCUT2D eigenvalue weighted by Gasteiger charge is 2.31. The number of esters is 1. The minimum atomic E-state index is -4.58. The first-order chi connectivity index (χ1) is 5.74. The molecule has 0 radical (unpaired) electrons. The van der Waals surface area contributed by atoms with Crippen LogP contribution in [-0.4, -0.2) is 36.0 Å². The van der Waals surface area contributed by atoms with Gasteiger partial charge in [0, 0.05) is 0 Å². The van der Waals surface area contributed by atoms with E-state index in [1.165, 1.54) is 6.92 Å². The zero-order valence-corrected chi connectivity index (χ0v) is 6.84. The molecule has 78 valence electrons. The van der Waals surface area contributed by atoms with Crippen LogP contribution in [0, 0.1) is 0 Å². The van der Waals surface area contributed by atoms with Crippen molar-refractivity contribution in [2.24, 2.45) is 5.73 Å². The van der Waals surface area contributed by atoms with Crippen molar-refractivity contribution in [1.29, 1.82) is 0 Å². The van der Waals surface area contributed by atoms with Gasteiger partial charge in [0.2, 0.25) is 0 Å². The van der Waals surface area contributed by atoms with Gasteiger partial charge in [-0.05, 0) is 6.92 Å². The van der Waals surface area contributed by atoms with Gasteiger partial charge < -0.3 is 15.6 Å². The molecule has 7 heteroatoms. The van der Waals surface area contributed by atoms with Gasteiger partial charge in [0.25, 0.3) is 0 Å². The van der Waals surface area contributed by atoms with Crippen LogP contribution < -0.4 is 5.73 Å². The summed E-state index contributed by atoms with van der Waals surface area (Å²) in [7, 11) is 0. The Hall–Kier alpha value is -0.820. The van der Waals surface area contributed by atoms with Crippen molar-refractivity contribution in [3.63, 3.8) is 0 Å². The molecule has 0 aliphatic rings. The first-order valence-electron chi connectivity index (χ1n) is 3.41. The van der Waals surface area contributed by atoms with E-state index < -0.39 is 30.9 Å². The average Bonchev–Trinajstić information content (AvgIpc) is 1.97. The van der Waals surface area contributed by atoms with Gasteiger partial charge >= 0.3 is 12.1 Å². The second kappa shape index (κ2) is 4.43. The molecule has 0 spiro atoms. The largest absolute Gasteiger partial charge is 0.455 e. The van der Waals surface area contributed by atoms with Crippen LogP contribution in [0.1, 0.15) is 6.92 Å². The highest BCUT2D eigenvalue weighted by Crippen LogP contribution is 2.14. The normalized spacial score (nSPS) is 16.5. The highest BCUT2D eigenvalue weighted by molar-refractivity contribution is 5.76. The van der Waals surface area contributed by atoms with Crippen LogP contribution >= 0.6 is 0 Å². The predicted molar refractivity (Wildman–Crippen MR) is 36.7 cm³/mol. The smallest absolute Gasteiger partial charge is 0.422 e. The quantitative estimate of drug-likeness (QED) is 0.620. The molecule has 4 nitrogen and oxygen atoms in total. The predicted octanol–water partition coefficient (Wildman–Crippen LogP) is -0.200. The number of carbonyl (C=O) groups is 1. The molecule has 0 aliphatic carbocycles. The SMILES string of the molecule is C[C@@H](O)[C@H](N)C(=O)OCC(F)(F)F. The molecule has 3 N–H and O–H groups in total. The molecule has 0 saturated heterocycles. The number of alkyl halides is 3. The Morgan fingerprint density at radius 1 is 1.62 bits per heavy atom. The number of rotatable bonds is 3. The standard InChI is InChI=1S/C6H10F3NO3/c1-3(11)4(10)5(12)13-2-6(7,8)9/h3-4,11H,2,10H2,1H3/t3-,4+/m1/s1. The van der Waals surface area contributed by atoms with Gasteiger partial charge in [-0.1, -0.05) is 0 Å². The number of hydrogen-bond acceptors (Lipinski definition) is 4. The maximum atomic E-state index is 11.5. The Kier molecular flexibility index (Phi) is 4.15. The first-order valence-corrected chi connectivity index (χ1v) is 3.41. The van der Waals surface area contributed by atoms with E-state index >= 15 is 0 Å². The first kappa shape index (κ1) is 12.2. The van der Waals surface area contributed by atoms with Gasteiger partial charge in [0.05, 0.1) is 6.10 Å². The van der Waals surface area contributed by atoms with E-state index in [0.717, 1.165) is 0 Å². The van der Waals surface area contributed by atoms with Gasteiger partial charge in [-0.2, -0.15) is 13.2 Å². The second-order valence-electron chi connectivity index (χ2n) is 2.49. The van der Waals surface area contributed by atoms with E-state index in [1.54, 1.807) is 0 Å². The fraction of sp³-hybridized carbons (Fsp3) is 0.833. The molecule has 0 fully saturated rings. The van der Waals surface area contributed by atoms with Gasteiger partial charge in [-0.25, -0.2) is 0 Å². The third kappa shape index (κ3) is 5.42. The van der Waals surface area contributed by atoms with Crippen LogP contribution in [0.15, 0.2) is 0 Å². The Bertz CT molecular complexity index is 180. The van der Waals surface area contributed by atoms with Crippen molar-refractivity contribution in [2.75, 3.05) is 6.61 Å². The van der Waals surface area contributed by atoms with Crippen molar-refractivity contribution >= 4 is 5.97 Å². The minimum Gasteiger partial charge on any atom is -0.455 e. The van der Waals surface area contributed by atoms with Crippen LogP contribution in [0.25, 0.3) is 0 Å². The topological polar surface area (TPSA) is 72.5 Å². The highest BCUT2D eigenvalue weighted by atomic mass is 19.4. The van der Waals surface area contributed by atoms with Crippen LogP contribution in [0.3, 0.4) is 0 Å². The fourth-order valence-corrected chi connectivity index (χ4v) is 0.446. The third-order valence-corrected chi connectivity index (χ3v) is 1.17. The lowest BCUT2D eigenvalue weighted by Crippen LogP contribution is -2.42. The Morgan fingerprint density at radius 2 is 2.08 bits per heavy atom. The lowest BCUT2D eigenvalue weighted by Gasteiger charge is -2.14. The summed E-state index contributed by atoms with van der Waals surface area (Å²) in [4.78, 5) is 10.6. The van der Waals surface area contributed by atoms with Crippen LogP contribution in [0.2, 0.25) is 0 Å². The summed E-state index contributed by atoms with van der Waals surface area (Å²) in [5.41, 5.74) is 5.00. The van der Waals surface area contributed by atoms with Crippen molar-refractivity contribution < 1.29 is 27.8 Å². The average molecular weight is 201 g/mol. The number of hydrogen-bond donors (Lipinski definition) is 2. The van der Waals surface area contributed by atoms with Gasteiger partial charge in [0.1, 0.15) is 6.04 Å². The molecule has 0 heterocycles. The molecule has 0 aliphatic heterocycles.